The highest BCUT2D eigenvalue weighted by molar-refractivity contribution is 14.1. The maximum atomic E-state index is 2.36. The van der Waals surface area contributed by atoms with Crippen LogP contribution in [0, 0.1) is 3.57 Å². The number of nitrogens with zero attached hydrogens (tertiary/aromatic N) is 3. The van der Waals surface area contributed by atoms with Gasteiger partial charge in [-0.05, 0) is 144 Å². The van der Waals surface area contributed by atoms with Crippen molar-refractivity contribution in [3.05, 3.63) is 198 Å². The molecule has 0 aliphatic heterocycles. The Balaban J connectivity index is 1.27. The van der Waals surface area contributed by atoms with E-state index in [1.165, 1.54) is 3.57 Å². The number of halogens is 1. The van der Waals surface area contributed by atoms with E-state index in [1.807, 2.05) is 0 Å². The van der Waals surface area contributed by atoms with E-state index in [1.54, 1.807) is 0 Å². The van der Waals surface area contributed by atoms with E-state index in [2.05, 4.69) is 231 Å². The van der Waals surface area contributed by atoms with Crippen molar-refractivity contribution in [3.63, 3.8) is 0 Å². The summed E-state index contributed by atoms with van der Waals surface area (Å²) in [7, 11) is 0. The molecule has 7 rings (SSSR count). The summed E-state index contributed by atoms with van der Waals surface area (Å²) in [6, 6.07) is 68.4. The van der Waals surface area contributed by atoms with Gasteiger partial charge in [0.2, 0.25) is 0 Å². The lowest BCUT2D eigenvalue weighted by atomic mass is 10.1. The summed E-state index contributed by atoms with van der Waals surface area (Å²) in [4.78, 5) is 6.89. The summed E-state index contributed by atoms with van der Waals surface area (Å²) in [5, 5.41) is 0. The maximum absolute atomic E-state index is 2.36. The molecule has 0 N–H and O–H groups in total. The molecule has 0 bridgehead atoms. The summed E-state index contributed by atoms with van der Waals surface area (Å²) >= 11 is 2.36. The average molecular weight is 706 g/mol. The normalized spacial score (nSPS) is 10.7. The predicted octanol–water partition coefficient (Wildman–Crippen LogP) is 12.7. The second kappa shape index (κ2) is 13.8. The average Bonchev–Trinajstić information content (AvgIpc) is 3.13. The molecule has 0 aromatic heterocycles. The molecule has 46 heavy (non-hydrogen) atoms. The zero-order valence-corrected chi connectivity index (χ0v) is 27.4. The maximum Gasteiger partial charge on any atom is 0.0463 e. The Kier molecular flexibility index (Phi) is 8.79. The lowest BCUT2D eigenvalue weighted by Gasteiger charge is -2.29. The van der Waals surface area contributed by atoms with Crippen LogP contribution in [0.15, 0.2) is 194 Å². The standard InChI is InChI=1S/C42H32IN3/c43-33-21-23-38(24-22-33)46(41-29-25-39(26-30-41)44(34-13-5-1-6-14-34)35-15-7-2-8-16-35)42-31-27-40(28-32-42)45(36-17-9-3-10-18-36)37-19-11-4-12-20-37/h1-32H. The predicted molar refractivity (Wildman–Crippen MR) is 203 cm³/mol. The minimum Gasteiger partial charge on any atom is -0.311 e. The first-order valence-corrected chi connectivity index (χ1v) is 16.4. The van der Waals surface area contributed by atoms with Crippen molar-refractivity contribution in [1.82, 2.24) is 0 Å². The Morgan fingerprint density at radius 1 is 0.217 bits per heavy atom. The Hall–Kier alpha value is -5.33. The van der Waals surface area contributed by atoms with Gasteiger partial charge in [-0.2, -0.15) is 0 Å². The number of para-hydroxylation sites is 4. The van der Waals surface area contributed by atoms with Crippen LogP contribution in [0.2, 0.25) is 0 Å². The van der Waals surface area contributed by atoms with Crippen molar-refractivity contribution in [2.24, 2.45) is 0 Å². The van der Waals surface area contributed by atoms with Gasteiger partial charge in [0, 0.05) is 54.8 Å². The van der Waals surface area contributed by atoms with E-state index in [9.17, 15) is 0 Å². The third kappa shape index (κ3) is 6.39. The van der Waals surface area contributed by atoms with Crippen LogP contribution >= 0.6 is 22.6 Å². The Morgan fingerprint density at radius 3 is 0.609 bits per heavy atom. The molecule has 7 aromatic rings. The van der Waals surface area contributed by atoms with Crippen LogP contribution in [0.25, 0.3) is 0 Å². The van der Waals surface area contributed by atoms with E-state index in [0.717, 1.165) is 51.2 Å². The Morgan fingerprint density at radius 2 is 0.391 bits per heavy atom. The quantitative estimate of drug-likeness (QED) is 0.138. The first-order valence-electron chi connectivity index (χ1n) is 15.3. The molecule has 0 unspecified atom stereocenters. The fourth-order valence-electron chi connectivity index (χ4n) is 5.74. The van der Waals surface area contributed by atoms with Crippen molar-refractivity contribution in [3.8, 4) is 0 Å². The molecule has 3 nitrogen and oxygen atoms in total. The van der Waals surface area contributed by atoms with Crippen LogP contribution in [0.4, 0.5) is 51.2 Å². The molecule has 0 saturated heterocycles. The highest BCUT2D eigenvalue weighted by atomic mass is 127. The molecular weight excluding hydrogens is 673 g/mol. The number of anilines is 9. The van der Waals surface area contributed by atoms with Crippen molar-refractivity contribution in [2.75, 3.05) is 14.7 Å². The van der Waals surface area contributed by atoms with Crippen LogP contribution < -0.4 is 14.7 Å². The monoisotopic (exact) mass is 705 g/mol. The lowest BCUT2D eigenvalue weighted by molar-refractivity contribution is 1.24. The van der Waals surface area contributed by atoms with Crippen LogP contribution in [-0.2, 0) is 0 Å². The summed E-state index contributed by atoms with van der Waals surface area (Å²) in [5.74, 6) is 0. The van der Waals surface area contributed by atoms with Gasteiger partial charge in [-0.25, -0.2) is 0 Å². The SMILES string of the molecule is Ic1ccc(N(c2ccc(N(c3ccccc3)c3ccccc3)cc2)c2ccc(N(c3ccccc3)c3ccccc3)cc2)cc1. The summed E-state index contributed by atoms with van der Waals surface area (Å²) in [5.41, 5.74) is 9.94. The lowest BCUT2D eigenvalue weighted by Crippen LogP contribution is -2.13. The first kappa shape index (κ1) is 29.4. The van der Waals surface area contributed by atoms with Gasteiger partial charge in [0.05, 0.1) is 0 Å². The van der Waals surface area contributed by atoms with Gasteiger partial charge in [0.25, 0.3) is 0 Å². The van der Waals surface area contributed by atoms with Crippen molar-refractivity contribution in [2.45, 2.75) is 0 Å². The van der Waals surface area contributed by atoms with Crippen LogP contribution in [0.1, 0.15) is 0 Å². The van der Waals surface area contributed by atoms with Gasteiger partial charge >= 0.3 is 0 Å². The number of hydrogen-bond donors (Lipinski definition) is 0. The van der Waals surface area contributed by atoms with Gasteiger partial charge in [-0.3, -0.25) is 0 Å². The van der Waals surface area contributed by atoms with Gasteiger partial charge < -0.3 is 14.7 Å². The second-order valence-electron chi connectivity index (χ2n) is 10.9. The van der Waals surface area contributed by atoms with Gasteiger partial charge in [0.1, 0.15) is 0 Å². The molecule has 0 atom stereocenters. The molecule has 0 heterocycles. The van der Waals surface area contributed by atoms with Gasteiger partial charge in [0.15, 0.2) is 0 Å². The van der Waals surface area contributed by atoms with E-state index >= 15 is 0 Å². The molecule has 0 spiro atoms. The molecule has 0 radical (unpaired) electrons. The number of hydrogen-bond acceptors (Lipinski definition) is 3. The molecular formula is C42H32IN3. The van der Waals surface area contributed by atoms with Crippen LogP contribution in [0.5, 0.6) is 0 Å². The first-order chi connectivity index (χ1) is 22.7. The zero-order chi connectivity index (χ0) is 31.1. The summed E-state index contributed by atoms with van der Waals surface area (Å²) in [6.45, 7) is 0. The number of rotatable bonds is 9. The summed E-state index contributed by atoms with van der Waals surface area (Å²) in [6.07, 6.45) is 0. The molecule has 222 valence electrons. The third-order valence-corrected chi connectivity index (χ3v) is 8.59. The fraction of sp³-hybridized carbons (Fsp3) is 0. The second-order valence-corrected chi connectivity index (χ2v) is 12.1. The minimum atomic E-state index is 1.08. The highest BCUT2D eigenvalue weighted by Gasteiger charge is 2.17. The molecule has 0 fully saturated rings. The minimum absolute atomic E-state index is 1.08. The molecule has 4 heteroatoms. The van der Waals surface area contributed by atoms with Gasteiger partial charge in [-0.15, -0.1) is 0 Å². The fourth-order valence-corrected chi connectivity index (χ4v) is 6.10. The van der Waals surface area contributed by atoms with Crippen LogP contribution in [0.3, 0.4) is 0 Å². The molecule has 0 aliphatic rings. The third-order valence-electron chi connectivity index (χ3n) is 7.87. The smallest absolute Gasteiger partial charge is 0.0463 e. The van der Waals surface area contributed by atoms with E-state index < -0.39 is 0 Å². The molecule has 0 saturated carbocycles. The van der Waals surface area contributed by atoms with E-state index in [4.69, 9.17) is 0 Å². The van der Waals surface area contributed by atoms with Crippen molar-refractivity contribution in [1.29, 1.82) is 0 Å². The Bertz CT molecular complexity index is 1760. The topological polar surface area (TPSA) is 9.72 Å². The molecule has 0 amide bonds. The van der Waals surface area contributed by atoms with E-state index in [-0.39, 0.29) is 0 Å². The van der Waals surface area contributed by atoms with Crippen molar-refractivity contribution < 1.29 is 0 Å². The summed E-state index contributed by atoms with van der Waals surface area (Å²) < 4.78 is 1.20. The van der Waals surface area contributed by atoms with Crippen LogP contribution in [-0.4, -0.2) is 0 Å². The van der Waals surface area contributed by atoms with E-state index in [0.29, 0.717) is 0 Å². The molecule has 0 aliphatic carbocycles. The largest absolute Gasteiger partial charge is 0.311 e. The number of benzene rings is 7. The highest BCUT2D eigenvalue weighted by Crippen LogP contribution is 2.41. The van der Waals surface area contributed by atoms with Gasteiger partial charge in [-0.1, -0.05) is 72.8 Å². The zero-order valence-electron chi connectivity index (χ0n) is 25.2. The Labute approximate surface area is 284 Å². The van der Waals surface area contributed by atoms with Crippen molar-refractivity contribution >= 4 is 73.8 Å². The molecule has 7 aromatic carbocycles.